The third-order valence-corrected chi connectivity index (χ3v) is 8.50. The van der Waals surface area contributed by atoms with Gasteiger partial charge in [0.25, 0.3) is 0 Å². The van der Waals surface area contributed by atoms with Gasteiger partial charge >= 0.3 is 5.97 Å². The zero-order valence-corrected chi connectivity index (χ0v) is 25.3. The Balaban J connectivity index is 1.56. The number of carbonyl (C=O) groups excluding carboxylic acids is 1. The van der Waals surface area contributed by atoms with E-state index in [0.29, 0.717) is 44.0 Å². The quantitative estimate of drug-likeness (QED) is 0.310. The van der Waals surface area contributed by atoms with Crippen LogP contribution in [0.3, 0.4) is 0 Å². The molecule has 0 aromatic heterocycles. The number of ether oxygens (including phenoxy) is 2. The minimum absolute atomic E-state index is 0.0471. The van der Waals surface area contributed by atoms with Crippen molar-refractivity contribution in [3.05, 3.63) is 59.2 Å². The minimum Gasteiger partial charge on any atom is -0.493 e. The molecule has 2 aliphatic rings. The first-order valence-corrected chi connectivity index (χ1v) is 15.3. The maximum Gasteiger partial charge on any atom is 0.308 e. The number of rotatable bonds is 16. The van der Waals surface area contributed by atoms with Crippen LogP contribution in [0.2, 0.25) is 0 Å². The normalized spacial score (nSPS) is 20.0. The fourth-order valence-electron chi connectivity index (χ4n) is 6.25. The van der Waals surface area contributed by atoms with Crippen molar-refractivity contribution in [1.82, 2.24) is 14.7 Å². The number of amides is 1. The topological polar surface area (TPSA) is 103 Å². The third kappa shape index (κ3) is 8.02. The van der Waals surface area contributed by atoms with E-state index in [4.69, 9.17) is 9.47 Å². The second-order valence-electron chi connectivity index (χ2n) is 11.7. The summed E-state index contributed by atoms with van der Waals surface area (Å²) in [6.45, 7) is 5.87. The summed E-state index contributed by atoms with van der Waals surface area (Å²) in [5.74, 6) is -0.296. The van der Waals surface area contributed by atoms with Gasteiger partial charge in [-0.2, -0.15) is 0 Å². The fraction of sp³-hybridized carbons (Fsp3) is 0.576. The largest absolute Gasteiger partial charge is 0.493 e. The van der Waals surface area contributed by atoms with Gasteiger partial charge in [0.1, 0.15) is 11.5 Å². The molecular weight excluding hydrogens is 534 g/mol. The van der Waals surface area contributed by atoms with Crippen LogP contribution in [-0.4, -0.2) is 103 Å². The van der Waals surface area contributed by atoms with Gasteiger partial charge in [-0.1, -0.05) is 43.7 Å². The van der Waals surface area contributed by atoms with Gasteiger partial charge in [-0.15, -0.1) is 0 Å². The molecule has 9 heteroatoms. The number of nitrogens with zero attached hydrogens (tertiary/aromatic N) is 3. The fourth-order valence-corrected chi connectivity index (χ4v) is 6.25. The SMILES string of the molecule is CCCCN(CCCN(C)C)C(=O)CN1C[C@H](c2ccc3c(c2)CCO3)[C@@H](C(=O)O)[C@@H]1CCOc1ccccc1CO. The summed E-state index contributed by atoms with van der Waals surface area (Å²) in [5, 5.41) is 20.2. The Bertz CT molecular complexity index is 1190. The highest BCUT2D eigenvalue weighted by Crippen LogP contribution is 2.41. The van der Waals surface area contributed by atoms with Crippen molar-refractivity contribution < 1.29 is 29.3 Å². The lowest BCUT2D eigenvalue weighted by molar-refractivity contribution is -0.144. The molecule has 2 N–H and O–H groups in total. The van der Waals surface area contributed by atoms with Gasteiger partial charge < -0.3 is 29.5 Å². The average Bonchev–Trinajstić information content (AvgIpc) is 3.59. The molecule has 0 unspecified atom stereocenters. The predicted molar refractivity (Wildman–Crippen MR) is 162 cm³/mol. The van der Waals surface area contributed by atoms with E-state index in [1.807, 2.05) is 55.4 Å². The lowest BCUT2D eigenvalue weighted by atomic mass is 9.83. The van der Waals surface area contributed by atoms with Crippen molar-refractivity contribution in [2.24, 2.45) is 5.92 Å². The summed E-state index contributed by atoms with van der Waals surface area (Å²) in [6, 6.07) is 13.0. The molecule has 1 amide bonds. The van der Waals surface area contributed by atoms with Crippen LogP contribution in [0.4, 0.5) is 0 Å². The number of aliphatic hydroxyl groups excluding tert-OH is 1. The van der Waals surface area contributed by atoms with Crippen LogP contribution in [0, 0.1) is 5.92 Å². The number of fused-ring (bicyclic) bond motifs is 1. The first kappa shape index (κ1) is 31.8. The number of carboxylic acid groups (broad SMARTS) is 1. The van der Waals surface area contributed by atoms with Gasteiger partial charge in [0.05, 0.1) is 32.3 Å². The van der Waals surface area contributed by atoms with Crippen LogP contribution in [0.15, 0.2) is 42.5 Å². The molecule has 3 atom stereocenters. The lowest BCUT2D eigenvalue weighted by Crippen LogP contribution is -2.45. The molecule has 0 radical (unpaired) electrons. The highest BCUT2D eigenvalue weighted by Gasteiger charge is 2.47. The zero-order valence-electron chi connectivity index (χ0n) is 25.3. The average molecular weight is 582 g/mol. The Morgan fingerprint density at radius 2 is 1.88 bits per heavy atom. The molecule has 1 fully saturated rings. The van der Waals surface area contributed by atoms with Crippen LogP contribution >= 0.6 is 0 Å². The molecule has 230 valence electrons. The molecule has 1 saturated heterocycles. The minimum atomic E-state index is -0.860. The van der Waals surface area contributed by atoms with Crippen LogP contribution in [-0.2, 0) is 22.6 Å². The molecule has 9 nitrogen and oxygen atoms in total. The van der Waals surface area contributed by atoms with Gasteiger partial charge in [0.15, 0.2) is 0 Å². The molecule has 0 bridgehead atoms. The number of hydrogen-bond donors (Lipinski definition) is 2. The summed E-state index contributed by atoms with van der Waals surface area (Å²) in [5.41, 5.74) is 2.78. The number of unbranched alkanes of at least 4 members (excludes halogenated alkanes) is 1. The van der Waals surface area contributed by atoms with E-state index in [-0.39, 0.29) is 37.6 Å². The highest BCUT2D eigenvalue weighted by atomic mass is 16.5. The predicted octanol–water partition coefficient (Wildman–Crippen LogP) is 3.63. The number of para-hydroxylation sites is 1. The summed E-state index contributed by atoms with van der Waals surface area (Å²) in [7, 11) is 4.07. The zero-order chi connectivity index (χ0) is 30.1. The molecule has 2 aromatic carbocycles. The summed E-state index contributed by atoms with van der Waals surface area (Å²) in [4.78, 5) is 32.7. The first-order chi connectivity index (χ1) is 20.3. The van der Waals surface area contributed by atoms with E-state index >= 15 is 0 Å². The Morgan fingerprint density at radius 3 is 2.62 bits per heavy atom. The van der Waals surface area contributed by atoms with E-state index in [1.54, 1.807) is 0 Å². The molecule has 0 aliphatic carbocycles. The van der Waals surface area contributed by atoms with Crippen LogP contribution < -0.4 is 9.47 Å². The van der Waals surface area contributed by atoms with Crippen molar-refractivity contribution >= 4 is 11.9 Å². The Hall–Kier alpha value is -3.14. The smallest absolute Gasteiger partial charge is 0.308 e. The van der Waals surface area contributed by atoms with Gasteiger partial charge in [0.2, 0.25) is 5.91 Å². The maximum atomic E-state index is 13.7. The molecule has 2 aromatic rings. The van der Waals surface area contributed by atoms with Gasteiger partial charge in [0, 0.05) is 43.6 Å². The molecule has 42 heavy (non-hydrogen) atoms. The lowest BCUT2D eigenvalue weighted by Gasteiger charge is -2.30. The van der Waals surface area contributed by atoms with Crippen molar-refractivity contribution in [2.45, 2.75) is 57.6 Å². The Morgan fingerprint density at radius 1 is 1.10 bits per heavy atom. The Kier molecular flexibility index (Phi) is 11.6. The number of aliphatic carboxylic acids is 1. The molecule has 2 aliphatic heterocycles. The summed E-state index contributed by atoms with van der Waals surface area (Å²) in [6.07, 6.45) is 4.09. The van der Waals surface area contributed by atoms with E-state index in [0.717, 1.165) is 49.1 Å². The van der Waals surface area contributed by atoms with Crippen molar-refractivity contribution in [3.8, 4) is 11.5 Å². The number of benzene rings is 2. The molecule has 2 heterocycles. The van der Waals surface area contributed by atoms with Crippen LogP contribution in [0.5, 0.6) is 11.5 Å². The van der Waals surface area contributed by atoms with Crippen molar-refractivity contribution in [1.29, 1.82) is 0 Å². The summed E-state index contributed by atoms with van der Waals surface area (Å²) >= 11 is 0. The number of hydrogen-bond acceptors (Lipinski definition) is 7. The van der Waals surface area contributed by atoms with E-state index in [9.17, 15) is 19.8 Å². The molecule has 4 rings (SSSR count). The van der Waals surface area contributed by atoms with E-state index in [1.165, 1.54) is 0 Å². The second kappa shape index (κ2) is 15.4. The standard InChI is InChI=1S/C33H47N3O6/c1-4-5-16-35(17-8-15-34(2)3)31(38)22-36-21-27(24-11-12-30-25(20-24)13-18-41-30)32(33(39)40)28(36)14-19-42-29-10-7-6-9-26(29)23-37/h6-7,9-12,20,27-28,32,37H,4-5,8,13-19,21-23H2,1-3H3,(H,39,40)/t27-,28+,32-/m1/s1. The monoisotopic (exact) mass is 581 g/mol. The second-order valence-corrected chi connectivity index (χ2v) is 11.7. The number of carbonyl (C=O) groups is 2. The molecular formula is C33H47N3O6. The number of likely N-dealkylation sites (tertiary alicyclic amines) is 1. The summed E-state index contributed by atoms with van der Waals surface area (Å²) < 4.78 is 11.7. The molecule has 0 saturated carbocycles. The third-order valence-electron chi connectivity index (χ3n) is 8.50. The molecule has 0 spiro atoms. The van der Waals surface area contributed by atoms with E-state index < -0.39 is 11.9 Å². The van der Waals surface area contributed by atoms with Gasteiger partial charge in [-0.3, -0.25) is 14.5 Å². The maximum absolute atomic E-state index is 13.7. The van der Waals surface area contributed by atoms with Gasteiger partial charge in [-0.05, 0) is 63.2 Å². The number of carboxylic acids is 1. The highest BCUT2D eigenvalue weighted by molar-refractivity contribution is 5.79. The van der Waals surface area contributed by atoms with E-state index in [2.05, 4.69) is 22.8 Å². The number of aliphatic hydroxyl groups is 1. The van der Waals surface area contributed by atoms with Crippen LogP contribution in [0.1, 0.15) is 55.2 Å². The Labute approximate surface area is 250 Å². The van der Waals surface area contributed by atoms with Crippen molar-refractivity contribution in [3.63, 3.8) is 0 Å². The first-order valence-electron chi connectivity index (χ1n) is 15.3. The van der Waals surface area contributed by atoms with Crippen molar-refractivity contribution in [2.75, 3.05) is 60.0 Å². The van der Waals surface area contributed by atoms with Crippen LogP contribution in [0.25, 0.3) is 0 Å². The van der Waals surface area contributed by atoms with Gasteiger partial charge in [-0.25, -0.2) is 0 Å².